The third-order valence-electron chi connectivity index (χ3n) is 6.61. The van der Waals surface area contributed by atoms with Crippen LogP contribution in [0.4, 0.5) is 9.59 Å². The Hall–Kier alpha value is -3.47. The minimum Gasteiger partial charge on any atom is -0.497 e. The molecule has 2 N–H and O–H groups in total. The van der Waals surface area contributed by atoms with E-state index in [-0.39, 0.29) is 30.2 Å². The lowest BCUT2D eigenvalue weighted by Crippen LogP contribution is -2.59. The molecule has 0 saturated carbocycles. The van der Waals surface area contributed by atoms with Crippen LogP contribution in [0.15, 0.2) is 29.5 Å². The predicted molar refractivity (Wildman–Crippen MR) is 143 cm³/mol. The summed E-state index contributed by atoms with van der Waals surface area (Å²) in [5.41, 5.74) is 1.22. The van der Waals surface area contributed by atoms with Crippen molar-refractivity contribution >= 4 is 18.0 Å². The van der Waals surface area contributed by atoms with Gasteiger partial charge in [-0.05, 0) is 52.3 Å². The van der Waals surface area contributed by atoms with Crippen LogP contribution >= 0.6 is 0 Å². The number of carbonyl (C=O) groups excluding carboxylic acids is 3. The lowest BCUT2D eigenvalue weighted by atomic mass is 9.93. The number of esters is 1. The lowest BCUT2D eigenvalue weighted by Gasteiger charge is -2.43. The lowest BCUT2D eigenvalue weighted by molar-refractivity contribution is -0.139. The summed E-state index contributed by atoms with van der Waals surface area (Å²) in [4.78, 5) is 44.6. The normalized spacial score (nSPS) is 20.7. The van der Waals surface area contributed by atoms with E-state index in [9.17, 15) is 14.4 Å². The maximum absolute atomic E-state index is 13.3. The van der Waals surface area contributed by atoms with Crippen molar-refractivity contribution in [2.45, 2.75) is 52.2 Å². The van der Waals surface area contributed by atoms with Crippen molar-refractivity contribution in [3.63, 3.8) is 0 Å². The molecule has 11 nitrogen and oxygen atoms in total. The van der Waals surface area contributed by atoms with Crippen LogP contribution < -0.4 is 20.1 Å². The molecule has 1 saturated heterocycles. The summed E-state index contributed by atoms with van der Waals surface area (Å²) in [6, 6.07) is 4.01. The molecule has 1 aromatic rings. The summed E-state index contributed by atoms with van der Waals surface area (Å²) >= 11 is 0. The highest BCUT2D eigenvalue weighted by atomic mass is 16.5. The monoisotopic (exact) mass is 531 g/mol. The fraction of sp³-hybridized carbons (Fsp3) is 0.593. The van der Waals surface area contributed by atoms with E-state index in [1.165, 1.54) is 4.90 Å². The standard InChI is InChI=1S/C27H41N5O6/c1-9-38-24(33)22-21(16-31-10-11-32(17(2)15-31)26(35)29-27(3,4)5)30(6)25(34)28-23(22)18-12-19(36-7)14-20(13-18)37-8/h12-14,17,23H,9-11,15-16H2,1-8H3,(H,28,34)(H,29,35)/t17-,23+/m1/s1. The number of piperazine rings is 1. The molecule has 2 aliphatic rings. The highest BCUT2D eigenvalue weighted by molar-refractivity contribution is 5.95. The van der Waals surface area contributed by atoms with Gasteiger partial charge in [-0.3, -0.25) is 9.80 Å². The zero-order valence-corrected chi connectivity index (χ0v) is 23.7. The number of carbonyl (C=O) groups is 3. The third-order valence-corrected chi connectivity index (χ3v) is 6.61. The number of methoxy groups -OCH3 is 2. The van der Waals surface area contributed by atoms with E-state index >= 15 is 0 Å². The first-order valence-electron chi connectivity index (χ1n) is 12.9. The first-order chi connectivity index (χ1) is 17.9. The molecule has 0 spiro atoms. The van der Waals surface area contributed by atoms with Gasteiger partial charge in [0.25, 0.3) is 0 Å². The molecular weight excluding hydrogens is 490 g/mol. The smallest absolute Gasteiger partial charge is 0.338 e. The Morgan fingerprint density at radius 2 is 1.74 bits per heavy atom. The maximum Gasteiger partial charge on any atom is 0.338 e. The van der Waals surface area contributed by atoms with Crippen LogP contribution in [-0.2, 0) is 9.53 Å². The van der Waals surface area contributed by atoms with Crippen LogP contribution in [0, 0.1) is 0 Å². The van der Waals surface area contributed by atoms with Crippen LogP contribution in [0.3, 0.4) is 0 Å². The average Bonchev–Trinajstić information content (AvgIpc) is 2.85. The molecule has 4 amide bonds. The van der Waals surface area contributed by atoms with E-state index in [4.69, 9.17) is 14.2 Å². The molecule has 1 fully saturated rings. The Morgan fingerprint density at radius 3 is 2.26 bits per heavy atom. The van der Waals surface area contributed by atoms with Crippen molar-refractivity contribution in [3.8, 4) is 11.5 Å². The average molecular weight is 532 g/mol. The molecule has 2 atom stereocenters. The molecule has 1 aromatic carbocycles. The molecule has 0 aromatic heterocycles. The van der Waals surface area contributed by atoms with Gasteiger partial charge in [0, 0.05) is 56.6 Å². The highest BCUT2D eigenvalue weighted by Gasteiger charge is 2.39. The topological polar surface area (TPSA) is 113 Å². The van der Waals surface area contributed by atoms with Gasteiger partial charge in [-0.15, -0.1) is 0 Å². The Bertz CT molecular complexity index is 1060. The number of hydrogen-bond donors (Lipinski definition) is 2. The van der Waals surface area contributed by atoms with Crippen molar-refractivity contribution in [2.75, 3.05) is 54.1 Å². The van der Waals surface area contributed by atoms with Crippen molar-refractivity contribution in [3.05, 3.63) is 35.0 Å². The summed E-state index contributed by atoms with van der Waals surface area (Å²) in [7, 11) is 4.73. The quantitative estimate of drug-likeness (QED) is 0.520. The number of rotatable bonds is 7. The molecular formula is C27H41N5O6. The maximum atomic E-state index is 13.3. The second kappa shape index (κ2) is 11.9. The largest absolute Gasteiger partial charge is 0.497 e. The van der Waals surface area contributed by atoms with E-state index in [1.54, 1.807) is 46.4 Å². The molecule has 2 heterocycles. The van der Waals surface area contributed by atoms with Crippen molar-refractivity contribution < 1.29 is 28.6 Å². The van der Waals surface area contributed by atoms with Gasteiger partial charge >= 0.3 is 18.0 Å². The Morgan fingerprint density at radius 1 is 1.11 bits per heavy atom. The minimum atomic E-state index is -0.756. The second-order valence-corrected chi connectivity index (χ2v) is 10.6. The molecule has 0 bridgehead atoms. The van der Waals surface area contributed by atoms with Crippen LogP contribution in [0.2, 0.25) is 0 Å². The van der Waals surface area contributed by atoms with Gasteiger partial charge in [0.05, 0.1) is 32.4 Å². The fourth-order valence-electron chi connectivity index (χ4n) is 4.73. The van der Waals surface area contributed by atoms with Crippen LogP contribution in [-0.4, -0.2) is 98.4 Å². The van der Waals surface area contributed by atoms with Crippen molar-refractivity contribution in [2.24, 2.45) is 0 Å². The number of likely N-dealkylation sites (N-methyl/N-ethyl adjacent to an activating group) is 1. The first kappa shape index (κ1) is 29.1. The van der Waals surface area contributed by atoms with Gasteiger partial charge < -0.3 is 29.7 Å². The number of nitrogens with one attached hydrogen (secondary N) is 2. The van der Waals surface area contributed by atoms with Crippen molar-refractivity contribution in [1.82, 2.24) is 25.3 Å². The summed E-state index contributed by atoms with van der Waals surface area (Å²) in [6.07, 6.45) is 0. The Balaban J connectivity index is 1.95. The van der Waals surface area contributed by atoms with Gasteiger partial charge in [0.15, 0.2) is 0 Å². The van der Waals surface area contributed by atoms with E-state index in [0.717, 1.165) is 0 Å². The van der Waals surface area contributed by atoms with Crippen LogP contribution in [0.1, 0.15) is 46.2 Å². The number of urea groups is 2. The summed E-state index contributed by atoms with van der Waals surface area (Å²) in [5.74, 6) is 0.573. The van der Waals surface area contributed by atoms with Gasteiger partial charge in [0.1, 0.15) is 11.5 Å². The number of nitrogens with zero attached hydrogens (tertiary/aromatic N) is 3. The SMILES string of the molecule is CCOC(=O)C1=C(CN2CCN(C(=O)NC(C)(C)C)[C@H](C)C2)N(C)C(=O)N[C@H]1c1cc(OC)cc(OC)c1. The third kappa shape index (κ3) is 6.69. The molecule has 38 heavy (non-hydrogen) atoms. The number of amides is 4. The number of ether oxygens (including phenoxy) is 3. The van der Waals surface area contributed by atoms with Gasteiger partial charge in [0.2, 0.25) is 0 Å². The van der Waals surface area contributed by atoms with Crippen LogP contribution in [0.25, 0.3) is 0 Å². The number of benzene rings is 1. The second-order valence-electron chi connectivity index (χ2n) is 10.6. The highest BCUT2D eigenvalue weighted by Crippen LogP contribution is 2.35. The van der Waals surface area contributed by atoms with E-state index in [1.807, 2.05) is 32.6 Å². The van der Waals surface area contributed by atoms with Crippen molar-refractivity contribution in [1.29, 1.82) is 0 Å². The molecule has 210 valence electrons. The molecule has 3 rings (SSSR count). The van der Waals surface area contributed by atoms with Gasteiger partial charge in [-0.1, -0.05) is 0 Å². The van der Waals surface area contributed by atoms with Gasteiger partial charge in [-0.2, -0.15) is 0 Å². The number of hydrogen-bond acceptors (Lipinski definition) is 7. The van der Waals surface area contributed by atoms with E-state index < -0.39 is 12.0 Å². The minimum absolute atomic E-state index is 0.0566. The zero-order valence-electron chi connectivity index (χ0n) is 23.7. The summed E-state index contributed by atoms with van der Waals surface area (Å²) < 4.78 is 16.3. The summed E-state index contributed by atoms with van der Waals surface area (Å²) in [6.45, 7) is 11.8. The summed E-state index contributed by atoms with van der Waals surface area (Å²) in [5, 5.41) is 5.95. The molecule has 0 aliphatic carbocycles. The van der Waals surface area contributed by atoms with E-state index in [2.05, 4.69) is 15.5 Å². The molecule has 0 radical (unpaired) electrons. The predicted octanol–water partition coefficient (Wildman–Crippen LogP) is 2.73. The fourth-order valence-corrected chi connectivity index (χ4v) is 4.73. The molecule has 0 unspecified atom stereocenters. The first-order valence-corrected chi connectivity index (χ1v) is 12.9. The zero-order chi connectivity index (χ0) is 28.2. The van der Waals surface area contributed by atoms with Gasteiger partial charge in [-0.25, -0.2) is 14.4 Å². The molecule has 2 aliphatic heterocycles. The molecule has 11 heteroatoms. The van der Waals surface area contributed by atoms with E-state index in [0.29, 0.717) is 54.5 Å². The Kier molecular flexibility index (Phi) is 9.14. The Labute approximate surface area is 225 Å². The van der Waals surface area contributed by atoms with Crippen LogP contribution in [0.5, 0.6) is 11.5 Å².